The van der Waals surface area contributed by atoms with E-state index in [1.807, 2.05) is 72.8 Å². The Labute approximate surface area is 533 Å². The molecule has 0 radical (unpaired) electrons. The zero-order valence-corrected chi connectivity index (χ0v) is 55.1. The van der Waals surface area contributed by atoms with E-state index in [1.165, 1.54) is 18.2 Å². The highest BCUT2D eigenvalue weighted by molar-refractivity contribution is 7.89. The van der Waals surface area contributed by atoms with Gasteiger partial charge in [0, 0.05) is 51.3 Å². The summed E-state index contributed by atoms with van der Waals surface area (Å²) in [4.78, 5) is 6.20. The normalized spacial score (nSPS) is 11.2. The molecule has 0 saturated carbocycles. The van der Waals surface area contributed by atoms with Crippen LogP contribution in [-0.2, 0) is 42.9 Å². The SMILES string of the molecule is CCCCN(CCCC)c1cc(-c2nn[nH]n2)cc(S(N)(=O)=O)c1Oc1ccccc1.CCCCN(CCCC)c1cc(CC#N)cc(S(N)(=O)=O)c1Oc1ccccc1.CCCCN(CCCC)c1cc(CCC#N)cc(S(N)(=O)=O)c1Oc1ccccc1. The lowest BCUT2D eigenvalue weighted by Gasteiger charge is -2.28. The van der Waals surface area contributed by atoms with Gasteiger partial charge in [0.25, 0.3) is 0 Å². The van der Waals surface area contributed by atoms with Crippen molar-refractivity contribution >= 4 is 47.1 Å². The molecule has 0 aliphatic rings. The number of anilines is 3. The number of sulfonamides is 3. The number of aromatic amines is 1. The second kappa shape index (κ2) is 37.2. The van der Waals surface area contributed by atoms with E-state index in [2.05, 4.69) is 89.0 Å². The number of unbranched alkanes of at least 4 members (excludes halogenated alkanes) is 6. The summed E-state index contributed by atoms with van der Waals surface area (Å²) < 4.78 is 93.2. The first-order chi connectivity index (χ1) is 43.2. The molecular formula is C66H88N12O9S3. The number of aromatic nitrogens is 4. The molecule has 24 heteroatoms. The molecule has 7 N–H and O–H groups in total. The molecule has 0 unspecified atom stereocenters. The van der Waals surface area contributed by atoms with Crippen molar-refractivity contribution in [1.82, 2.24) is 20.6 Å². The molecule has 0 amide bonds. The standard InChI is InChI=1S/C23H31N3O3S.C22H29N3O3S.C21H28N6O3S/c1-3-5-15-26(16-6-4-2)21-17-19(11-10-14-24)18-22(30(25,27)28)23(21)29-20-12-8-7-9-13-20;1-3-5-14-25(15-6-4-2)20-16-18(12-13-23)17-21(29(24,26)27)22(20)28-19-10-8-7-9-11-19;1-3-5-12-27(13-6-4-2)18-14-16(21-23-25-26-24-21)15-19(31(22,28)29)20(18)30-17-10-8-7-9-11-17/h7-9,12-13,17-18H,3-6,10-11,15-16H2,1-2H3,(H2,25,27,28);7-11,16-17H,3-6,12,14-15H2,1-2H3,(H2,24,26,27);7-11,14-15H,3-6,12-13H2,1-2H3,(H2,22,28,29)(H,23,24,25,26). The van der Waals surface area contributed by atoms with Crippen molar-refractivity contribution in [1.29, 1.82) is 10.5 Å². The van der Waals surface area contributed by atoms with Gasteiger partial charge in [-0.25, -0.2) is 40.7 Å². The van der Waals surface area contributed by atoms with Crippen molar-refractivity contribution in [3.63, 3.8) is 0 Å². The first-order valence-corrected chi connectivity index (χ1v) is 35.4. The molecule has 0 spiro atoms. The molecule has 7 rings (SSSR count). The Morgan fingerprint density at radius 1 is 0.456 bits per heavy atom. The van der Waals surface area contributed by atoms with Gasteiger partial charge >= 0.3 is 0 Å². The topological polar surface area (TPSA) is 320 Å². The quantitative estimate of drug-likeness (QED) is 0.0291. The van der Waals surface area contributed by atoms with Gasteiger partial charge in [-0.1, -0.05) is 135 Å². The van der Waals surface area contributed by atoms with Crippen molar-refractivity contribution in [2.24, 2.45) is 15.4 Å². The number of H-pyrrole nitrogens is 1. The van der Waals surface area contributed by atoms with E-state index < -0.39 is 30.1 Å². The van der Waals surface area contributed by atoms with Crippen LogP contribution in [-0.4, -0.2) is 85.1 Å². The van der Waals surface area contributed by atoms with E-state index in [0.717, 1.165) is 122 Å². The number of ether oxygens (including phenoxy) is 3. The smallest absolute Gasteiger partial charge is 0.241 e. The van der Waals surface area contributed by atoms with Gasteiger partial charge in [0.1, 0.15) is 31.9 Å². The number of benzene rings is 6. The van der Waals surface area contributed by atoms with E-state index in [0.29, 0.717) is 58.3 Å². The number of hydrogen-bond acceptors (Lipinski definition) is 17. The number of nitrogens with zero attached hydrogens (tertiary/aromatic N) is 8. The van der Waals surface area contributed by atoms with Crippen LogP contribution in [0.3, 0.4) is 0 Å². The van der Waals surface area contributed by atoms with Crippen molar-refractivity contribution in [3.05, 3.63) is 139 Å². The van der Waals surface area contributed by atoms with Gasteiger partial charge in [-0.15, -0.1) is 10.2 Å². The van der Waals surface area contributed by atoms with Gasteiger partial charge in [-0.3, -0.25) is 0 Å². The predicted molar refractivity (Wildman–Crippen MR) is 356 cm³/mol. The second-order valence-electron chi connectivity index (χ2n) is 21.4. The second-order valence-corrected chi connectivity index (χ2v) is 26.0. The minimum absolute atomic E-state index is 0.0465. The predicted octanol–water partition coefficient (Wildman–Crippen LogP) is 13.3. The largest absolute Gasteiger partial charge is 0.454 e. The van der Waals surface area contributed by atoms with Crippen LogP contribution in [0.4, 0.5) is 17.1 Å². The highest BCUT2D eigenvalue weighted by Gasteiger charge is 2.28. The molecule has 0 atom stereocenters. The fourth-order valence-electron chi connectivity index (χ4n) is 9.44. The molecular weight excluding hydrogens is 1200 g/mol. The van der Waals surface area contributed by atoms with Crippen LogP contribution in [0.2, 0.25) is 0 Å². The number of rotatable bonds is 34. The lowest BCUT2D eigenvalue weighted by Crippen LogP contribution is -2.27. The van der Waals surface area contributed by atoms with Gasteiger partial charge in [0.2, 0.25) is 35.9 Å². The first kappa shape index (κ1) is 72.6. The number of nitriles is 2. The number of primary sulfonamides is 3. The number of para-hydroxylation sites is 3. The van der Waals surface area contributed by atoms with Gasteiger partial charge in [0.15, 0.2) is 17.2 Å². The monoisotopic (exact) mass is 1290 g/mol. The molecule has 0 fully saturated rings. The highest BCUT2D eigenvalue weighted by atomic mass is 32.2. The number of tetrazole rings is 1. The minimum Gasteiger partial charge on any atom is -0.454 e. The molecule has 21 nitrogen and oxygen atoms in total. The van der Waals surface area contributed by atoms with E-state index in [-0.39, 0.29) is 44.2 Å². The van der Waals surface area contributed by atoms with Crippen molar-refractivity contribution in [2.45, 2.75) is 153 Å². The number of nitrogens with one attached hydrogen (secondary N) is 1. The molecule has 90 heavy (non-hydrogen) atoms. The summed E-state index contributed by atoms with van der Waals surface area (Å²) in [6.07, 6.45) is 12.7. The first-order valence-electron chi connectivity index (χ1n) is 30.8. The van der Waals surface area contributed by atoms with Crippen LogP contribution in [0.25, 0.3) is 11.4 Å². The average Bonchev–Trinajstić information content (AvgIpc) is 0.944. The van der Waals surface area contributed by atoms with Crippen molar-refractivity contribution in [3.8, 4) is 58.0 Å². The van der Waals surface area contributed by atoms with E-state index in [4.69, 9.17) is 40.2 Å². The molecule has 1 heterocycles. The third-order valence-corrected chi connectivity index (χ3v) is 16.9. The van der Waals surface area contributed by atoms with Crippen molar-refractivity contribution < 1.29 is 39.5 Å². The van der Waals surface area contributed by atoms with Gasteiger partial charge in [-0.2, -0.15) is 15.7 Å². The maximum Gasteiger partial charge on any atom is 0.241 e. The van der Waals surface area contributed by atoms with Crippen LogP contribution in [0.1, 0.15) is 136 Å². The number of nitrogens with two attached hydrogens (primary N) is 3. The van der Waals surface area contributed by atoms with E-state index >= 15 is 0 Å². The number of hydrogen-bond donors (Lipinski definition) is 4. The van der Waals surface area contributed by atoms with Crippen molar-refractivity contribution in [2.75, 3.05) is 54.0 Å². The Morgan fingerprint density at radius 2 is 0.789 bits per heavy atom. The minimum atomic E-state index is -4.10. The molecule has 484 valence electrons. The summed E-state index contributed by atoms with van der Waals surface area (Å²) in [5.41, 5.74) is 3.86. The maximum atomic E-state index is 12.6. The Hall–Kier alpha value is -8.10. The summed E-state index contributed by atoms with van der Waals surface area (Å²) in [6, 6.07) is 41.4. The Balaban J connectivity index is 0.000000246. The molecule has 0 aliphatic carbocycles. The Morgan fingerprint density at radius 3 is 1.10 bits per heavy atom. The Kier molecular flexibility index (Phi) is 30.0. The lowest BCUT2D eigenvalue weighted by atomic mass is 10.1. The summed E-state index contributed by atoms with van der Waals surface area (Å²) in [7, 11) is -12.2. The maximum absolute atomic E-state index is 12.6. The van der Waals surface area contributed by atoms with Crippen LogP contribution in [0.5, 0.6) is 34.5 Å². The third-order valence-electron chi connectivity index (χ3n) is 14.2. The molecule has 1 aromatic heterocycles. The van der Waals surface area contributed by atoms with E-state index in [9.17, 15) is 25.3 Å². The molecule has 0 aliphatic heterocycles. The fourth-order valence-corrected chi connectivity index (χ4v) is 11.6. The summed E-state index contributed by atoms with van der Waals surface area (Å²) in [6.45, 7) is 17.3. The van der Waals surface area contributed by atoms with Crippen LogP contribution >= 0.6 is 0 Å². The lowest BCUT2D eigenvalue weighted by molar-refractivity contribution is 0.464. The average molecular weight is 1290 g/mol. The molecule has 0 saturated heterocycles. The molecule has 7 aromatic rings. The highest BCUT2D eigenvalue weighted by Crippen LogP contribution is 2.44. The third kappa shape index (κ3) is 22.7. The summed E-state index contributed by atoms with van der Waals surface area (Å²) in [5, 5.41) is 48.9. The van der Waals surface area contributed by atoms with Crippen LogP contribution in [0.15, 0.2) is 142 Å². The summed E-state index contributed by atoms with van der Waals surface area (Å²) in [5.74, 6) is 2.53. The zero-order chi connectivity index (χ0) is 65.5. The van der Waals surface area contributed by atoms with Gasteiger partial charge < -0.3 is 28.9 Å². The fraction of sp³-hybridized carbons (Fsp3) is 0.409. The van der Waals surface area contributed by atoms with Gasteiger partial charge in [-0.05, 0) is 134 Å². The summed E-state index contributed by atoms with van der Waals surface area (Å²) >= 11 is 0. The number of aryl methyl sites for hydroxylation is 1. The molecule has 0 bridgehead atoms. The molecule has 6 aromatic carbocycles. The van der Waals surface area contributed by atoms with E-state index in [1.54, 1.807) is 36.4 Å². The van der Waals surface area contributed by atoms with Gasteiger partial charge in [0.05, 0.1) is 35.6 Å². The Bertz CT molecular complexity index is 3720. The van der Waals surface area contributed by atoms with Crippen LogP contribution in [0, 0.1) is 22.7 Å². The zero-order valence-electron chi connectivity index (χ0n) is 52.7. The van der Waals surface area contributed by atoms with Crippen LogP contribution < -0.4 is 44.3 Å².